The van der Waals surface area contributed by atoms with Crippen LogP contribution in [0, 0.1) is 15.5 Å². The maximum Gasteiger partial charge on any atom is 0.336 e. The highest BCUT2D eigenvalue weighted by Crippen LogP contribution is 2.30. The number of benzene rings is 3. The second-order valence-corrected chi connectivity index (χ2v) is 9.68. The number of esters is 1. The van der Waals surface area contributed by atoms with E-state index in [1.54, 1.807) is 57.2 Å². The molecule has 0 heterocycles. The predicted octanol–water partition coefficient (Wildman–Crippen LogP) is 5.62. The lowest BCUT2D eigenvalue weighted by Crippen LogP contribution is -2.27. The quantitative estimate of drug-likeness (QED) is 0.0935. The standard InChI is InChI=1S/C28H25ClN4O6/c1-28(2,3)27(36)31-22-14-10-19(11-15-22)26(35)32-30-17-20-5-4-6-23(33(37)38)25(20)39-24(34)16-9-18-7-12-21(29)13-8-18/h4-17H,1-3H3,(H,31,36)(H,32,35)/b16-9+,30-17+. The van der Waals surface area contributed by atoms with E-state index < -0.39 is 27.9 Å². The Bertz CT molecular complexity index is 1440. The number of carbonyl (C=O) groups excluding carboxylic acids is 3. The molecule has 200 valence electrons. The summed E-state index contributed by atoms with van der Waals surface area (Å²) in [6, 6.07) is 16.9. The SMILES string of the molecule is CC(C)(C)C(=O)Nc1ccc(C(=O)N/N=C/c2cccc([N+](=O)[O-])c2OC(=O)/C=C/c2ccc(Cl)cc2)cc1. The first kappa shape index (κ1) is 28.7. The summed E-state index contributed by atoms with van der Waals surface area (Å²) in [5.74, 6) is -1.91. The van der Waals surface area contributed by atoms with Crippen molar-refractivity contribution in [3.63, 3.8) is 0 Å². The van der Waals surface area contributed by atoms with E-state index in [1.807, 2.05) is 0 Å². The van der Waals surface area contributed by atoms with Crippen LogP contribution in [0.2, 0.25) is 5.02 Å². The summed E-state index contributed by atoms with van der Waals surface area (Å²) in [6.07, 6.45) is 3.73. The minimum atomic E-state index is -0.850. The molecule has 0 fully saturated rings. The lowest BCUT2D eigenvalue weighted by Gasteiger charge is -2.17. The molecule has 39 heavy (non-hydrogen) atoms. The van der Waals surface area contributed by atoms with Gasteiger partial charge in [-0.2, -0.15) is 5.10 Å². The lowest BCUT2D eigenvalue weighted by atomic mass is 9.95. The number of amides is 2. The molecule has 0 spiro atoms. The number of ether oxygens (including phenoxy) is 1. The molecule has 0 aliphatic heterocycles. The summed E-state index contributed by atoms with van der Waals surface area (Å²) in [5, 5.41) is 18.7. The number of nitrogens with one attached hydrogen (secondary N) is 2. The number of halogens is 1. The highest BCUT2D eigenvalue weighted by molar-refractivity contribution is 6.30. The van der Waals surface area contributed by atoms with Gasteiger partial charge in [-0.05, 0) is 54.1 Å². The molecule has 0 atom stereocenters. The van der Waals surface area contributed by atoms with E-state index in [1.165, 1.54) is 36.4 Å². The fraction of sp³-hybridized carbons (Fsp3) is 0.143. The fourth-order valence-electron chi connectivity index (χ4n) is 3.02. The van der Waals surface area contributed by atoms with Crippen LogP contribution in [0.4, 0.5) is 11.4 Å². The largest absolute Gasteiger partial charge is 0.415 e. The average molecular weight is 549 g/mol. The van der Waals surface area contributed by atoms with E-state index in [9.17, 15) is 24.5 Å². The van der Waals surface area contributed by atoms with Crippen LogP contribution in [0.1, 0.15) is 42.3 Å². The van der Waals surface area contributed by atoms with Crippen molar-refractivity contribution in [1.82, 2.24) is 5.43 Å². The third-order valence-electron chi connectivity index (χ3n) is 5.16. The Balaban J connectivity index is 1.71. The van der Waals surface area contributed by atoms with Crippen molar-refractivity contribution < 1.29 is 24.0 Å². The highest BCUT2D eigenvalue weighted by atomic mass is 35.5. The van der Waals surface area contributed by atoms with Crippen molar-refractivity contribution in [3.05, 3.63) is 105 Å². The number of hydrazone groups is 1. The molecule has 0 saturated heterocycles. The first-order valence-electron chi connectivity index (χ1n) is 11.6. The lowest BCUT2D eigenvalue weighted by molar-refractivity contribution is -0.385. The summed E-state index contributed by atoms with van der Waals surface area (Å²) >= 11 is 5.85. The molecule has 2 amide bonds. The summed E-state index contributed by atoms with van der Waals surface area (Å²) in [5.41, 5.74) is 2.86. The van der Waals surface area contributed by atoms with Crippen LogP contribution in [-0.4, -0.2) is 28.9 Å². The minimum Gasteiger partial charge on any atom is -0.415 e. The molecular weight excluding hydrogens is 524 g/mol. The Kier molecular flexibility index (Phi) is 9.29. The number of carbonyl (C=O) groups is 3. The van der Waals surface area contributed by atoms with Gasteiger partial charge in [0.15, 0.2) is 0 Å². The molecule has 0 aliphatic rings. The van der Waals surface area contributed by atoms with Crippen LogP contribution in [0.15, 0.2) is 77.9 Å². The van der Waals surface area contributed by atoms with E-state index in [0.717, 1.165) is 12.3 Å². The molecule has 3 aromatic carbocycles. The van der Waals surface area contributed by atoms with Gasteiger partial charge in [-0.3, -0.25) is 19.7 Å². The van der Waals surface area contributed by atoms with Crippen LogP contribution < -0.4 is 15.5 Å². The van der Waals surface area contributed by atoms with Gasteiger partial charge in [0.25, 0.3) is 5.91 Å². The number of hydrogen-bond acceptors (Lipinski definition) is 7. The third-order valence-corrected chi connectivity index (χ3v) is 5.41. The molecule has 3 rings (SSSR count). The molecule has 0 saturated carbocycles. The van der Waals surface area contributed by atoms with Gasteiger partial charge < -0.3 is 10.1 Å². The molecule has 0 bridgehead atoms. The van der Waals surface area contributed by atoms with Crippen LogP contribution in [0.25, 0.3) is 6.08 Å². The van der Waals surface area contributed by atoms with Gasteiger partial charge in [-0.25, -0.2) is 10.2 Å². The Morgan fingerprint density at radius 1 is 1.00 bits per heavy atom. The highest BCUT2D eigenvalue weighted by Gasteiger charge is 2.22. The van der Waals surface area contributed by atoms with Crippen molar-refractivity contribution in [1.29, 1.82) is 0 Å². The van der Waals surface area contributed by atoms with Crippen LogP contribution in [-0.2, 0) is 9.59 Å². The summed E-state index contributed by atoms with van der Waals surface area (Å²) in [6.45, 7) is 5.36. The van der Waals surface area contributed by atoms with Gasteiger partial charge in [0, 0.05) is 39.4 Å². The number of nitrogens with zero attached hydrogens (tertiary/aromatic N) is 2. The van der Waals surface area contributed by atoms with E-state index in [-0.39, 0.29) is 22.8 Å². The predicted molar refractivity (Wildman–Crippen MR) is 149 cm³/mol. The van der Waals surface area contributed by atoms with Gasteiger partial charge in [0.2, 0.25) is 11.7 Å². The second kappa shape index (κ2) is 12.6. The topological polar surface area (TPSA) is 140 Å². The number of nitro benzene ring substituents is 1. The molecule has 0 aliphatic carbocycles. The van der Waals surface area contributed by atoms with Crippen LogP contribution in [0.5, 0.6) is 5.75 Å². The number of nitro groups is 1. The van der Waals surface area contributed by atoms with Crippen molar-refractivity contribution in [3.8, 4) is 5.75 Å². The monoisotopic (exact) mass is 548 g/mol. The van der Waals surface area contributed by atoms with Gasteiger partial charge in [0.05, 0.1) is 11.1 Å². The minimum absolute atomic E-state index is 0.0954. The number of hydrogen-bond donors (Lipinski definition) is 2. The molecule has 11 heteroatoms. The number of rotatable bonds is 8. The molecule has 0 unspecified atom stereocenters. The van der Waals surface area contributed by atoms with Crippen molar-refractivity contribution in [2.45, 2.75) is 20.8 Å². The zero-order valence-electron chi connectivity index (χ0n) is 21.3. The van der Waals surface area contributed by atoms with Crippen LogP contribution >= 0.6 is 11.6 Å². The van der Waals surface area contributed by atoms with Gasteiger partial charge in [-0.1, -0.05) is 50.6 Å². The number of anilines is 1. The average Bonchev–Trinajstić information content (AvgIpc) is 2.88. The van der Waals surface area contributed by atoms with E-state index >= 15 is 0 Å². The Hall–Kier alpha value is -4.83. The Morgan fingerprint density at radius 3 is 2.28 bits per heavy atom. The summed E-state index contributed by atoms with van der Waals surface area (Å²) in [4.78, 5) is 47.8. The van der Waals surface area contributed by atoms with Gasteiger partial charge >= 0.3 is 11.7 Å². The molecule has 10 nitrogen and oxygen atoms in total. The van der Waals surface area contributed by atoms with Crippen LogP contribution in [0.3, 0.4) is 0 Å². The fourth-order valence-corrected chi connectivity index (χ4v) is 3.15. The molecule has 2 N–H and O–H groups in total. The number of para-hydroxylation sites is 1. The summed E-state index contributed by atoms with van der Waals surface area (Å²) in [7, 11) is 0. The second-order valence-electron chi connectivity index (χ2n) is 9.24. The normalized spacial score (nSPS) is 11.4. The maximum atomic E-state index is 12.5. The van der Waals surface area contributed by atoms with Crippen molar-refractivity contribution >= 4 is 53.0 Å². The van der Waals surface area contributed by atoms with Crippen molar-refractivity contribution in [2.75, 3.05) is 5.32 Å². The first-order chi connectivity index (χ1) is 18.4. The van der Waals surface area contributed by atoms with Crippen molar-refractivity contribution in [2.24, 2.45) is 10.5 Å². The van der Waals surface area contributed by atoms with E-state index in [4.69, 9.17) is 16.3 Å². The summed E-state index contributed by atoms with van der Waals surface area (Å²) < 4.78 is 5.26. The molecule has 3 aromatic rings. The van der Waals surface area contributed by atoms with E-state index in [2.05, 4.69) is 15.8 Å². The van der Waals surface area contributed by atoms with Gasteiger partial charge in [0.1, 0.15) is 0 Å². The molecule has 0 aromatic heterocycles. The van der Waals surface area contributed by atoms with E-state index in [0.29, 0.717) is 16.3 Å². The third kappa shape index (κ3) is 8.34. The molecular formula is C28H25ClN4O6. The Labute approximate surface area is 229 Å². The zero-order valence-corrected chi connectivity index (χ0v) is 22.1. The first-order valence-corrected chi connectivity index (χ1v) is 12.0. The zero-order chi connectivity index (χ0) is 28.6. The maximum absolute atomic E-state index is 12.5. The molecule has 0 radical (unpaired) electrons. The van der Waals surface area contributed by atoms with Gasteiger partial charge in [-0.15, -0.1) is 0 Å². The Morgan fingerprint density at radius 2 is 1.67 bits per heavy atom. The smallest absolute Gasteiger partial charge is 0.336 e.